The van der Waals surface area contributed by atoms with E-state index in [4.69, 9.17) is 5.73 Å². The van der Waals surface area contributed by atoms with Gasteiger partial charge in [0, 0.05) is 37.4 Å². The number of piperazine rings is 1. The van der Waals surface area contributed by atoms with Crippen LogP contribution in [0.25, 0.3) is 0 Å². The quantitative estimate of drug-likeness (QED) is 0.904. The van der Waals surface area contributed by atoms with Crippen LogP contribution < -0.4 is 10.6 Å². The summed E-state index contributed by atoms with van der Waals surface area (Å²) in [6.07, 6.45) is 0.970. The zero-order chi connectivity index (χ0) is 13.9. The molecule has 0 radical (unpaired) electrons. The Balaban J connectivity index is 1.94. The minimum atomic E-state index is 0.289. The van der Waals surface area contributed by atoms with Crippen LogP contribution in [0.5, 0.6) is 0 Å². The second-order valence-electron chi connectivity index (χ2n) is 6.35. The molecule has 2 rings (SSSR count). The summed E-state index contributed by atoms with van der Waals surface area (Å²) in [5.74, 6) is 0. The fourth-order valence-corrected chi connectivity index (χ4v) is 2.68. The van der Waals surface area contributed by atoms with Gasteiger partial charge in [-0.1, -0.05) is 12.1 Å². The molecule has 0 spiro atoms. The van der Waals surface area contributed by atoms with Crippen LogP contribution in [0.15, 0.2) is 24.3 Å². The Kier molecular flexibility index (Phi) is 4.48. The first-order valence-electron chi connectivity index (χ1n) is 7.30. The lowest BCUT2D eigenvalue weighted by atomic mass is 10.0. The molecule has 0 atom stereocenters. The Morgan fingerprint density at radius 1 is 1.00 bits per heavy atom. The lowest BCUT2D eigenvalue weighted by Gasteiger charge is -2.43. The van der Waals surface area contributed by atoms with E-state index in [1.807, 2.05) is 0 Å². The molecule has 0 unspecified atom stereocenters. The highest BCUT2D eigenvalue weighted by molar-refractivity contribution is 5.48. The molecule has 1 saturated heterocycles. The van der Waals surface area contributed by atoms with Crippen LogP contribution in [-0.4, -0.2) is 43.2 Å². The second-order valence-corrected chi connectivity index (χ2v) is 6.35. The van der Waals surface area contributed by atoms with Crippen LogP contribution in [-0.2, 0) is 6.42 Å². The van der Waals surface area contributed by atoms with Gasteiger partial charge in [0.25, 0.3) is 0 Å². The average molecular weight is 261 g/mol. The van der Waals surface area contributed by atoms with Crippen LogP contribution in [0.4, 0.5) is 5.69 Å². The molecule has 0 amide bonds. The van der Waals surface area contributed by atoms with E-state index < -0.39 is 0 Å². The van der Waals surface area contributed by atoms with Crippen molar-refractivity contribution in [1.82, 2.24) is 4.90 Å². The van der Waals surface area contributed by atoms with Gasteiger partial charge in [-0.15, -0.1) is 0 Å². The van der Waals surface area contributed by atoms with Gasteiger partial charge in [-0.2, -0.15) is 0 Å². The van der Waals surface area contributed by atoms with Crippen LogP contribution in [0.3, 0.4) is 0 Å². The first-order chi connectivity index (χ1) is 9.00. The first kappa shape index (κ1) is 14.4. The van der Waals surface area contributed by atoms with Crippen molar-refractivity contribution in [1.29, 1.82) is 0 Å². The summed E-state index contributed by atoms with van der Waals surface area (Å²) in [5.41, 5.74) is 8.55. The molecular weight excluding hydrogens is 234 g/mol. The number of nitrogens with zero attached hydrogens (tertiary/aromatic N) is 2. The van der Waals surface area contributed by atoms with Gasteiger partial charge in [0.05, 0.1) is 0 Å². The molecular formula is C16H27N3. The van der Waals surface area contributed by atoms with Crippen molar-refractivity contribution in [3.8, 4) is 0 Å². The van der Waals surface area contributed by atoms with E-state index in [2.05, 4.69) is 54.8 Å². The van der Waals surface area contributed by atoms with Gasteiger partial charge in [0.15, 0.2) is 0 Å². The molecule has 106 valence electrons. The van der Waals surface area contributed by atoms with E-state index >= 15 is 0 Å². The summed E-state index contributed by atoms with van der Waals surface area (Å²) in [5, 5.41) is 0. The molecule has 1 fully saturated rings. The predicted octanol–water partition coefficient (Wildman–Crippen LogP) is 2.11. The maximum atomic E-state index is 5.58. The molecule has 0 aliphatic carbocycles. The Morgan fingerprint density at radius 2 is 1.58 bits per heavy atom. The minimum absolute atomic E-state index is 0.289. The van der Waals surface area contributed by atoms with Gasteiger partial charge in [-0.25, -0.2) is 0 Å². The number of hydrogen-bond donors (Lipinski definition) is 1. The third kappa shape index (κ3) is 3.71. The lowest BCUT2D eigenvalue weighted by Crippen LogP contribution is -2.53. The Bertz CT molecular complexity index is 383. The van der Waals surface area contributed by atoms with Crippen molar-refractivity contribution < 1.29 is 0 Å². The molecule has 19 heavy (non-hydrogen) atoms. The van der Waals surface area contributed by atoms with E-state index in [1.54, 1.807) is 0 Å². The number of anilines is 1. The number of rotatable bonds is 3. The summed E-state index contributed by atoms with van der Waals surface area (Å²) < 4.78 is 0. The van der Waals surface area contributed by atoms with E-state index in [0.717, 1.165) is 39.1 Å². The number of benzene rings is 1. The summed E-state index contributed by atoms with van der Waals surface area (Å²) >= 11 is 0. The van der Waals surface area contributed by atoms with Crippen LogP contribution in [0.1, 0.15) is 26.3 Å². The highest BCUT2D eigenvalue weighted by Crippen LogP contribution is 2.21. The van der Waals surface area contributed by atoms with Crippen LogP contribution in [0, 0.1) is 0 Å². The summed E-state index contributed by atoms with van der Waals surface area (Å²) in [6, 6.07) is 8.88. The highest BCUT2D eigenvalue weighted by atomic mass is 15.3. The first-order valence-corrected chi connectivity index (χ1v) is 7.30. The minimum Gasteiger partial charge on any atom is -0.369 e. The van der Waals surface area contributed by atoms with Gasteiger partial charge >= 0.3 is 0 Å². The zero-order valence-electron chi connectivity index (χ0n) is 12.5. The molecule has 0 aromatic heterocycles. The Labute approximate surface area is 117 Å². The summed E-state index contributed by atoms with van der Waals surface area (Å²) in [6.45, 7) is 12.1. The average Bonchev–Trinajstić information content (AvgIpc) is 2.39. The summed E-state index contributed by atoms with van der Waals surface area (Å²) in [4.78, 5) is 5.04. The van der Waals surface area contributed by atoms with Crippen LogP contribution in [0.2, 0.25) is 0 Å². The summed E-state index contributed by atoms with van der Waals surface area (Å²) in [7, 11) is 0. The Hall–Kier alpha value is -1.06. The molecule has 1 aromatic carbocycles. The van der Waals surface area contributed by atoms with Gasteiger partial charge in [0.2, 0.25) is 0 Å². The molecule has 1 aliphatic rings. The van der Waals surface area contributed by atoms with E-state index in [9.17, 15) is 0 Å². The second kappa shape index (κ2) is 5.93. The monoisotopic (exact) mass is 261 g/mol. The fourth-order valence-electron chi connectivity index (χ4n) is 2.68. The maximum Gasteiger partial charge on any atom is 0.0367 e. The van der Waals surface area contributed by atoms with Gasteiger partial charge in [0.1, 0.15) is 0 Å². The smallest absolute Gasteiger partial charge is 0.0367 e. The van der Waals surface area contributed by atoms with Gasteiger partial charge in [-0.3, -0.25) is 4.90 Å². The molecule has 2 N–H and O–H groups in total. The molecule has 3 heteroatoms. The van der Waals surface area contributed by atoms with Crippen molar-refractivity contribution in [3.05, 3.63) is 29.8 Å². The third-order valence-corrected chi connectivity index (χ3v) is 3.96. The van der Waals surface area contributed by atoms with Crippen molar-refractivity contribution in [2.45, 2.75) is 32.7 Å². The molecule has 0 bridgehead atoms. The van der Waals surface area contributed by atoms with E-state index in [1.165, 1.54) is 11.3 Å². The largest absolute Gasteiger partial charge is 0.369 e. The molecule has 1 aliphatic heterocycles. The fraction of sp³-hybridized carbons (Fsp3) is 0.625. The van der Waals surface area contributed by atoms with Crippen molar-refractivity contribution in [2.75, 3.05) is 37.6 Å². The number of nitrogens with two attached hydrogens (primary N) is 1. The third-order valence-electron chi connectivity index (χ3n) is 3.96. The van der Waals surface area contributed by atoms with E-state index in [-0.39, 0.29) is 5.54 Å². The highest BCUT2D eigenvalue weighted by Gasteiger charge is 2.25. The molecule has 0 saturated carbocycles. The van der Waals surface area contributed by atoms with Crippen molar-refractivity contribution >= 4 is 5.69 Å². The topological polar surface area (TPSA) is 32.5 Å². The Morgan fingerprint density at radius 3 is 2.05 bits per heavy atom. The normalized spacial score (nSPS) is 17.8. The predicted molar refractivity (Wildman–Crippen MR) is 82.7 cm³/mol. The number of hydrogen-bond acceptors (Lipinski definition) is 3. The zero-order valence-corrected chi connectivity index (χ0v) is 12.5. The maximum absolute atomic E-state index is 5.58. The van der Waals surface area contributed by atoms with Crippen LogP contribution >= 0.6 is 0 Å². The van der Waals surface area contributed by atoms with Gasteiger partial charge < -0.3 is 10.6 Å². The lowest BCUT2D eigenvalue weighted by molar-refractivity contribution is 0.128. The molecule has 3 nitrogen and oxygen atoms in total. The van der Waals surface area contributed by atoms with Crippen molar-refractivity contribution in [3.63, 3.8) is 0 Å². The van der Waals surface area contributed by atoms with Gasteiger partial charge in [-0.05, 0) is 51.4 Å². The molecule has 1 aromatic rings. The van der Waals surface area contributed by atoms with Crippen molar-refractivity contribution in [2.24, 2.45) is 5.73 Å². The molecule has 1 heterocycles. The van der Waals surface area contributed by atoms with E-state index in [0.29, 0.717) is 0 Å². The standard InChI is InChI=1S/C16H27N3/c1-16(2,3)19-12-10-18(11-13-19)15-6-4-14(5-7-15)8-9-17/h4-7H,8-13,17H2,1-3H3. The SMILES string of the molecule is CC(C)(C)N1CCN(c2ccc(CCN)cc2)CC1.